The molecule has 6 heteroatoms. The number of amides is 1. The van der Waals surface area contributed by atoms with Crippen LogP contribution in [0.1, 0.15) is 41.4 Å². The fourth-order valence-electron chi connectivity index (χ4n) is 3.33. The molecule has 0 aliphatic rings. The van der Waals surface area contributed by atoms with Gasteiger partial charge in [0.2, 0.25) is 0 Å². The highest BCUT2D eigenvalue weighted by Crippen LogP contribution is 2.23. The highest BCUT2D eigenvalue weighted by molar-refractivity contribution is 7.07. The Hall–Kier alpha value is -2.44. The van der Waals surface area contributed by atoms with Gasteiger partial charge < -0.3 is 9.88 Å². The van der Waals surface area contributed by atoms with Gasteiger partial charge in [-0.25, -0.2) is 4.98 Å². The molecule has 0 saturated carbocycles. The molecule has 0 spiro atoms. The van der Waals surface area contributed by atoms with Crippen molar-refractivity contribution in [1.82, 2.24) is 19.8 Å². The molecule has 2 aromatic heterocycles. The van der Waals surface area contributed by atoms with Gasteiger partial charge in [0.05, 0.1) is 23.6 Å². The fourth-order valence-corrected chi connectivity index (χ4v) is 4.04. The van der Waals surface area contributed by atoms with Gasteiger partial charge in [-0.1, -0.05) is 25.5 Å². The van der Waals surface area contributed by atoms with E-state index in [1.807, 2.05) is 35.9 Å². The van der Waals surface area contributed by atoms with E-state index in [1.165, 1.54) is 5.56 Å². The van der Waals surface area contributed by atoms with Crippen LogP contribution in [-0.2, 0) is 0 Å². The smallest absolute Gasteiger partial charge is 0.253 e. The van der Waals surface area contributed by atoms with E-state index in [9.17, 15) is 4.79 Å². The number of likely N-dealkylation sites (N-methyl/N-ethyl adjacent to an activating group) is 1. The summed E-state index contributed by atoms with van der Waals surface area (Å²) >= 11 is 1.69. The van der Waals surface area contributed by atoms with Gasteiger partial charge >= 0.3 is 0 Å². The Morgan fingerprint density at radius 1 is 1.30 bits per heavy atom. The molecule has 27 heavy (non-hydrogen) atoms. The lowest BCUT2D eigenvalue weighted by molar-refractivity contribution is 0.0935. The number of hydrogen-bond acceptors (Lipinski definition) is 4. The summed E-state index contributed by atoms with van der Waals surface area (Å²) in [5, 5.41) is 7.41. The summed E-state index contributed by atoms with van der Waals surface area (Å²) in [4.78, 5) is 19.5. The van der Waals surface area contributed by atoms with E-state index in [0.717, 1.165) is 24.3 Å². The van der Waals surface area contributed by atoms with Crippen LogP contribution in [0.3, 0.4) is 0 Å². The molecule has 0 radical (unpaired) electrons. The number of hydrogen-bond donors (Lipinski definition) is 1. The summed E-state index contributed by atoms with van der Waals surface area (Å²) < 4.78 is 1.87. The van der Waals surface area contributed by atoms with E-state index in [-0.39, 0.29) is 11.9 Å². The molecule has 0 aliphatic carbocycles. The minimum atomic E-state index is -0.0604. The zero-order valence-electron chi connectivity index (χ0n) is 16.1. The monoisotopic (exact) mass is 382 g/mol. The van der Waals surface area contributed by atoms with E-state index in [2.05, 4.69) is 45.9 Å². The van der Waals surface area contributed by atoms with Gasteiger partial charge in [0.15, 0.2) is 0 Å². The number of nitrogens with zero attached hydrogens (tertiary/aromatic N) is 3. The molecular weight excluding hydrogens is 356 g/mol. The molecule has 0 aliphatic heterocycles. The highest BCUT2D eigenvalue weighted by atomic mass is 32.1. The molecule has 2 heterocycles. The molecule has 0 fully saturated rings. The van der Waals surface area contributed by atoms with Gasteiger partial charge in [-0.2, -0.15) is 11.3 Å². The van der Waals surface area contributed by atoms with Gasteiger partial charge in [0, 0.05) is 18.9 Å². The van der Waals surface area contributed by atoms with Crippen molar-refractivity contribution < 1.29 is 4.79 Å². The Morgan fingerprint density at radius 2 is 2.11 bits per heavy atom. The first-order valence-electron chi connectivity index (χ1n) is 9.27. The maximum Gasteiger partial charge on any atom is 0.253 e. The summed E-state index contributed by atoms with van der Waals surface area (Å²) in [5.74, 6) is -0.0604. The van der Waals surface area contributed by atoms with Gasteiger partial charge in [0.25, 0.3) is 5.91 Å². The number of rotatable bonds is 8. The van der Waals surface area contributed by atoms with Crippen molar-refractivity contribution in [3.8, 4) is 5.69 Å². The van der Waals surface area contributed by atoms with E-state index in [4.69, 9.17) is 0 Å². The van der Waals surface area contributed by atoms with Crippen molar-refractivity contribution >= 4 is 17.2 Å². The van der Waals surface area contributed by atoms with Crippen molar-refractivity contribution in [2.24, 2.45) is 0 Å². The minimum Gasteiger partial charge on any atom is -0.350 e. The summed E-state index contributed by atoms with van der Waals surface area (Å²) in [5.41, 5.74) is 3.81. The number of benzene rings is 1. The number of aryl methyl sites for hydroxylation is 1. The second kappa shape index (κ2) is 8.97. The fraction of sp³-hybridized carbons (Fsp3) is 0.333. The van der Waals surface area contributed by atoms with E-state index in [0.29, 0.717) is 12.1 Å². The Bertz CT molecular complexity index is 854. The van der Waals surface area contributed by atoms with Crippen LogP contribution in [0.2, 0.25) is 0 Å². The van der Waals surface area contributed by atoms with E-state index >= 15 is 0 Å². The Balaban J connectivity index is 1.81. The van der Waals surface area contributed by atoms with Crippen molar-refractivity contribution in [2.45, 2.75) is 26.8 Å². The van der Waals surface area contributed by atoms with Crippen molar-refractivity contribution in [1.29, 1.82) is 0 Å². The Morgan fingerprint density at radius 3 is 2.74 bits per heavy atom. The largest absolute Gasteiger partial charge is 0.350 e. The van der Waals surface area contributed by atoms with E-state index < -0.39 is 0 Å². The topological polar surface area (TPSA) is 50.2 Å². The minimum absolute atomic E-state index is 0.0604. The number of imidazole rings is 1. The molecule has 1 N–H and O–H groups in total. The number of carbonyl (C=O) groups is 1. The third-order valence-electron chi connectivity index (χ3n) is 4.82. The van der Waals surface area contributed by atoms with Gasteiger partial charge in [-0.15, -0.1) is 0 Å². The van der Waals surface area contributed by atoms with Crippen molar-refractivity contribution in [3.05, 3.63) is 70.4 Å². The van der Waals surface area contributed by atoms with Crippen LogP contribution < -0.4 is 5.32 Å². The number of nitrogens with one attached hydrogen (secondary N) is 1. The quantitative estimate of drug-likeness (QED) is 0.639. The van der Waals surface area contributed by atoms with Gasteiger partial charge in [-0.05, 0) is 54.5 Å². The van der Waals surface area contributed by atoms with Gasteiger partial charge in [-0.3, -0.25) is 9.69 Å². The molecule has 1 amide bonds. The van der Waals surface area contributed by atoms with Crippen LogP contribution in [0.5, 0.6) is 0 Å². The lowest BCUT2D eigenvalue weighted by atomic mass is 10.1. The predicted molar refractivity (Wildman–Crippen MR) is 111 cm³/mol. The third kappa shape index (κ3) is 4.46. The van der Waals surface area contributed by atoms with Crippen LogP contribution in [-0.4, -0.2) is 40.0 Å². The van der Waals surface area contributed by atoms with Gasteiger partial charge in [0.1, 0.15) is 0 Å². The second-order valence-corrected chi connectivity index (χ2v) is 7.27. The first kappa shape index (κ1) is 19.3. The van der Waals surface area contributed by atoms with E-state index in [1.54, 1.807) is 23.9 Å². The lowest BCUT2D eigenvalue weighted by Crippen LogP contribution is -2.38. The number of thiophene rings is 1. The highest BCUT2D eigenvalue weighted by Gasteiger charge is 2.20. The second-order valence-electron chi connectivity index (χ2n) is 6.49. The summed E-state index contributed by atoms with van der Waals surface area (Å²) in [6, 6.07) is 8.23. The summed E-state index contributed by atoms with van der Waals surface area (Å²) in [7, 11) is 0. The first-order valence-corrected chi connectivity index (χ1v) is 10.2. The summed E-state index contributed by atoms with van der Waals surface area (Å²) in [6.07, 6.45) is 5.28. The van der Waals surface area contributed by atoms with Crippen LogP contribution in [0, 0.1) is 6.92 Å². The normalized spacial score (nSPS) is 12.3. The predicted octanol–water partition coefficient (Wildman–Crippen LogP) is 4.06. The number of carbonyl (C=O) groups excluding carboxylic acids is 1. The lowest BCUT2D eigenvalue weighted by Gasteiger charge is -2.29. The van der Waals surface area contributed by atoms with Crippen LogP contribution >= 0.6 is 11.3 Å². The molecule has 1 aromatic carbocycles. The zero-order chi connectivity index (χ0) is 19.2. The van der Waals surface area contributed by atoms with Crippen LogP contribution in [0.15, 0.2) is 53.7 Å². The average molecular weight is 383 g/mol. The molecule has 3 rings (SSSR count). The number of aromatic nitrogens is 2. The molecular formula is C21H26N4OS. The Labute approximate surface area is 164 Å². The summed E-state index contributed by atoms with van der Waals surface area (Å²) in [6.45, 7) is 8.77. The zero-order valence-corrected chi connectivity index (χ0v) is 16.9. The maximum absolute atomic E-state index is 13.0. The standard InChI is InChI=1S/C21H26N4OS/c1-4-24(5-2)20(17-8-11-27-14-17)13-23-21(26)18-12-16(3)6-7-19(18)25-10-9-22-15-25/h6-12,14-15,20H,4-5,13H2,1-3H3,(H,23,26). The van der Waals surface area contributed by atoms with Crippen LogP contribution in [0.25, 0.3) is 5.69 Å². The SMILES string of the molecule is CCN(CC)C(CNC(=O)c1cc(C)ccc1-n1ccnc1)c1ccsc1. The van der Waals surface area contributed by atoms with Crippen molar-refractivity contribution in [2.75, 3.05) is 19.6 Å². The molecule has 5 nitrogen and oxygen atoms in total. The molecule has 1 atom stereocenters. The third-order valence-corrected chi connectivity index (χ3v) is 5.52. The first-order chi connectivity index (χ1) is 13.1. The molecule has 0 saturated heterocycles. The molecule has 1 unspecified atom stereocenters. The molecule has 0 bridgehead atoms. The van der Waals surface area contributed by atoms with Crippen LogP contribution in [0.4, 0.5) is 0 Å². The molecule has 142 valence electrons. The maximum atomic E-state index is 13.0. The molecule has 3 aromatic rings. The van der Waals surface area contributed by atoms with Crippen molar-refractivity contribution in [3.63, 3.8) is 0 Å². The Kier molecular flexibility index (Phi) is 6.42. The average Bonchev–Trinajstić information content (AvgIpc) is 3.38.